The maximum Gasteiger partial charge on any atom is 0.255 e. The zero-order valence-corrected chi connectivity index (χ0v) is 18.1. The Bertz CT molecular complexity index is 1080. The van der Waals surface area contributed by atoms with Crippen LogP contribution >= 0.6 is 11.6 Å². The third-order valence-corrected chi connectivity index (χ3v) is 7.26. The molecule has 168 valence electrons. The van der Waals surface area contributed by atoms with Crippen molar-refractivity contribution in [2.24, 2.45) is 0 Å². The number of rotatable bonds is 5. The maximum absolute atomic E-state index is 14.5. The van der Waals surface area contributed by atoms with E-state index < -0.39 is 44.7 Å². The maximum atomic E-state index is 14.5. The summed E-state index contributed by atoms with van der Waals surface area (Å²) in [5, 5.41) is 12.3. The summed E-state index contributed by atoms with van der Waals surface area (Å²) in [7, 11) is -2.85. The monoisotopic (exact) mass is 474 g/mol. The molecule has 1 saturated heterocycles. The number of hydrogen-bond acceptors (Lipinski definition) is 5. The highest BCUT2D eigenvalue weighted by atomic mass is 35.5. The number of amides is 1. The van der Waals surface area contributed by atoms with Crippen molar-refractivity contribution in [1.29, 1.82) is 0 Å². The van der Waals surface area contributed by atoms with E-state index in [2.05, 4.69) is 5.32 Å². The van der Waals surface area contributed by atoms with Gasteiger partial charge in [-0.2, -0.15) is 4.31 Å². The first kappa shape index (κ1) is 23.6. The first-order valence-corrected chi connectivity index (χ1v) is 11.2. The number of aliphatic hydroxyl groups excluding tert-OH is 1. The topological polar surface area (TPSA) is 95.9 Å². The van der Waals surface area contributed by atoms with Crippen LogP contribution in [0.3, 0.4) is 0 Å². The standard InChI is InChI=1S/C20H21ClF2N2O5S/c1-30-18-7-9-25(8-6-17(18)26)31(28,29)19-10-12(2-4-16(19)23)20(27)24-13-3-5-15(22)14(21)11-13/h2-5,10-11,17-18,26H,6-9H2,1H3,(H,24,27). The minimum Gasteiger partial charge on any atom is -0.390 e. The van der Waals surface area contributed by atoms with E-state index in [0.717, 1.165) is 28.6 Å². The van der Waals surface area contributed by atoms with Gasteiger partial charge in [0.05, 0.1) is 17.2 Å². The van der Waals surface area contributed by atoms with Crippen LogP contribution in [-0.2, 0) is 14.8 Å². The van der Waals surface area contributed by atoms with Crippen LogP contribution < -0.4 is 5.32 Å². The van der Waals surface area contributed by atoms with Gasteiger partial charge >= 0.3 is 0 Å². The Morgan fingerprint density at radius 3 is 2.52 bits per heavy atom. The number of carbonyl (C=O) groups is 1. The minimum atomic E-state index is -4.27. The third-order valence-electron chi connectivity index (χ3n) is 5.06. The van der Waals surface area contributed by atoms with Crippen LogP contribution in [0.15, 0.2) is 41.3 Å². The number of methoxy groups -OCH3 is 1. The van der Waals surface area contributed by atoms with Gasteiger partial charge in [0.25, 0.3) is 5.91 Å². The van der Waals surface area contributed by atoms with Crippen LogP contribution in [-0.4, -0.2) is 56.1 Å². The Morgan fingerprint density at radius 2 is 1.84 bits per heavy atom. The average molecular weight is 475 g/mol. The summed E-state index contributed by atoms with van der Waals surface area (Å²) in [4.78, 5) is 11.9. The first-order chi connectivity index (χ1) is 14.6. The summed E-state index contributed by atoms with van der Waals surface area (Å²) in [6.07, 6.45) is -0.992. The molecule has 1 aliphatic heterocycles. The Balaban J connectivity index is 1.85. The quantitative estimate of drug-likeness (QED) is 0.694. The van der Waals surface area contributed by atoms with Crippen LogP contribution in [0.2, 0.25) is 5.02 Å². The summed E-state index contributed by atoms with van der Waals surface area (Å²) in [5.41, 5.74) is 0.0855. The lowest BCUT2D eigenvalue weighted by Gasteiger charge is -2.20. The van der Waals surface area contributed by atoms with E-state index in [4.69, 9.17) is 16.3 Å². The SMILES string of the molecule is COC1CCN(S(=O)(=O)c2cc(C(=O)Nc3ccc(F)c(Cl)c3)ccc2F)CCC1O. The number of ether oxygens (including phenoxy) is 1. The molecule has 2 N–H and O–H groups in total. The Kier molecular flexibility index (Phi) is 7.28. The molecule has 1 aliphatic rings. The fourth-order valence-electron chi connectivity index (χ4n) is 3.31. The van der Waals surface area contributed by atoms with Crippen LogP contribution in [0.5, 0.6) is 0 Å². The molecule has 31 heavy (non-hydrogen) atoms. The number of benzene rings is 2. The van der Waals surface area contributed by atoms with Gasteiger partial charge in [-0.15, -0.1) is 0 Å². The highest BCUT2D eigenvalue weighted by Gasteiger charge is 2.33. The molecular formula is C20H21ClF2N2O5S. The Hall–Kier alpha value is -2.11. The molecule has 0 aliphatic carbocycles. The molecule has 0 aromatic heterocycles. The van der Waals surface area contributed by atoms with Gasteiger partial charge in [-0.1, -0.05) is 11.6 Å². The summed E-state index contributed by atoms with van der Waals surface area (Å²) >= 11 is 5.69. The van der Waals surface area contributed by atoms with Crippen LogP contribution in [0.25, 0.3) is 0 Å². The van der Waals surface area contributed by atoms with Crippen LogP contribution in [0.4, 0.5) is 14.5 Å². The predicted molar refractivity (Wildman–Crippen MR) is 111 cm³/mol. The van der Waals surface area contributed by atoms with Crippen molar-refractivity contribution in [1.82, 2.24) is 4.31 Å². The molecule has 2 unspecified atom stereocenters. The Labute approximate surface area is 183 Å². The fraction of sp³-hybridized carbons (Fsp3) is 0.350. The second-order valence-corrected chi connectivity index (χ2v) is 9.36. The van der Waals surface area contributed by atoms with Gasteiger partial charge in [-0.3, -0.25) is 4.79 Å². The molecule has 1 fully saturated rings. The Morgan fingerprint density at radius 1 is 1.16 bits per heavy atom. The zero-order chi connectivity index (χ0) is 22.8. The van der Waals surface area contributed by atoms with Crippen molar-refractivity contribution < 1.29 is 31.8 Å². The zero-order valence-electron chi connectivity index (χ0n) is 16.5. The van der Waals surface area contributed by atoms with Crippen molar-refractivity contribution in [2.75, 3.05) is 25.5 Å². The van der Waals surface area contributed by atoms with Gasteiger partial charge in [0.15, 0.2) is 0 Å². The van der Waals surface area contributed by atoms with E-state index in [1.807, 2.05) is 0 Å². The third kappa shape index (κ3) is 5.21. The van der Waals surface area contributed by atoms with E-state index in [0.29, 0.717) is 0 Å². The minimum absolute atomic E-state index is 0.0205. The molecule has 0 radical (unpaired) electrons. The van der Waals surface area contributed by atoms with E-state index in [1.54, 1.807) is 0 Å². The van der Waals surface area contributed by atoms with Crippen molar-refractivity contribution in [3.63, 3.8) is 0 Å². The highest BCUT2D eigenvalue weighted by molar-refractivity contribution is 7.89. The second-order valence-electron chi connectivity index (χ2n) is 7.05. The molecule has 11 heteroatoms. The molecular weight excluding hydrogens is 454 g/mol. The number of sulfonamides is 1. The summed E-state index contributed by atoms with van der Waals surface area (Å²) in [6.45, 7) is 0.00907. The number of carbonyl (C=O) groups excluding carboxylic acids is 1. The van der Waals surface area contributed by atoms with Gasteiger partial charge in [0, 0.05) is 31.5 Å². The molecule has 2 atom stereocenters. The lowest BCUT2D eigenvalue weighted by molar-refractivity contribution is -0.0122. The van der Waals surface area contributed by atoms with E-state index in [1.165, 1.54) is 19.2 Å². The van der Waals surface area contributed by atoms with Gasteiger partial charge < -0.3 is 15.2 Å². The molecule has 0 bridgehead atoms. The van der Waals surface area contributed by atoms with Crippen molar-refractivity contribution in [3.8, 4) is 0 Å². The average Bonchev–Trinajstić information content (AvgIpc) is 2.92. The predicted octanol–water partition coefficient (Wildman–Crippen LogP) is 3.03. The van der Waals surface area contributed by atoms with Crippen LogP contribution in [0, 0.1) is 11.6 Å². The highest BCUT2D eigenvalue weighted by Crippen LogP contribution is 2.26. The second kappa shape index (κ2) is 9.58. The molecule has 7 nitrogen and oxygen atoms in total. The normalized spacial score (nSPS) is 20.3. The van der Waals surface area contributed by atoms with E-state index in [-0.39, 0.29) is 42.2 Å². The van der Waals surface area contributed by atoms with Gasteiger partial charge in [-0.25, -0.2) is 17.2 Å². The largest absolute Gasteiger partial charge is 0.390 e. The summed E-state index contributed by atoms with van der Waals surface area (Å²) in [5.74, 6) is -2.38. The van der Waals surface area contributed by atoms with Gasteiger partial charge in [0.1, 0.15) is 16.5 Å². The van der Waals surface area contributed by atoms with Crippen molar-refractivity contribution in [2.45, 2.75) is 29.9 Å². The number of halogens is 3. The number of hydrogen-bond donors (Lipinski definition) is 2. The number of nitrogens with zero attached hydrogens (tertiary/aromatic N) is 1. The summed E-state index contributed by atoms with van der Waals surface area (Å²) in [6, 6.07) is 6.53. The first-order valence-electron chi connectivity index (χ1n) is 9.40. The fourth-order valence-corrected chi connectivity index (χ4v) is 5.05. The smallest absolute Gasteiger partial charge is 0.255 e. The van der Waals surface area contributed by atoms with Crippen molar-refractivity contribution in [3.05, 3.63) is 58.6 Å². The molecule has 0 saturated carbocycles. The van der Waals surface area contributed by atoms with Gasteiger partial charge in [0.2, 0.25) is 10.0 Å². The molecule has 2 aromatic rings. The molecule has 1 amide bonds. The van der Waals surface area contributed by atoms with Crippen molar-refractivity contribution >= 4 is 33.2 Å². The number of nitrogens with one attached hydrogen (secondary N) is 1. The summed E-state index contributed by atoms with van der Waals surface area (Å²) < 4.78 is 60.1. The molecule has 3 rings (SSSR count). The molecule has 0 spiro atoms. The lowest BCUT2D eigenvalue weighted by atomic mass is 10.1. The number of aliphatic hydroxyl groups is 1. The van der Waals surface area contributed by atoms with Crippen LogP contribution in [0.1, 0.15) is 23.2 Å². The lowest BCUT2D eigenvalue weighted by Crippen LogP contribution is -2.33. The number of anilines is 1. The van der Waals surface area contributed by atoms with Gasteiger partial charge in [-0.05, 0) is 49.2 Å². The molecule has 2 aromatic carbocycles. The van der Waals surface area contributed by atoms with E-state index >= 15 is 0 Å². The molecule has 1 heterocycles. The van der Waals surface area contributed by atoms with E-state index in [9.17, 15) is 27.1 Å².